The van der Waals surface area contributed by atoms with Gasteiger partial charge in [-0.1, -0.05) is 72.9 Å². The lowest BCUT2D eigenvalue weighted by molar-refractivity contribution is 1.79. The molecule has 0 aliphatic heterocycles. The number of benzene rings is 4. The number of hydrogen-bond donors (Lipinski definition) is 0. The van der Waals surface area contributed by atoms with Crippen molar-refractivity contribution < 1.29 is 0 Å². The largest absolute Gasteiger partial charge is 0.0682 e. The van der Waals surface area contributed by atoms with Gasteiger partial charge in [-0.3, -0.25) is 0 Å². The van der Waals surface area contributed by atoms with E-state index in [4.69, 9.17) is 0 Å². The molecule has 0 bridgehead atoms. The monoisotopic (exact) mass is 260 g/mol. The first kappa shape index (κ1) is 11.0. The fourth-order valence-corrected chi connectivity index (χ4v) is 4.61. The SMILES string of the molecule is C[SiH](C)c1ccc2ccc3cccc4ccc1c2c34. The van der Waals surface area contributed by atoms with Gasteiger partial charge < -0.3 is 0 Å². The summed E-state index contributed by atoms with van der Waals surface area (Å²) < 4.78 is 0. The first-order valence-corrected chi connectivity index (χ1v) is 9.81. The highest BCUT2D eigenvalue weighted by Gasteiger charge is 2.12. The van der Waals surface area contributed by atoms with Crippen molar-refractivity contribution in [3.63, 3.8) is 0 Å². The predicted molar refractivity (Wildman–Crippen MR) is 88.7 cm³/mol. The summed E-state index contributed by atoms with van der Waals surface area (Å²) in [5.74, 6) is 0. The molecular weight excluding hydrogens is 244 g/mol. The van der Waals surface area contributed by atoms with E-state index in [-0.39, 0.29) is 0 Å². The fraction of sp³-hybridized carbons (Fsp3) is 0.111. The van der Waals surface area contributed by atoms with Crippen molar-refractivity contribution in [1.82, 2.24) is 0 Å². The van der Waals surface area contributed by atoms with Crippen molar-refractivity contribution in [3.05, 3.63) is 54.6 Å². The molecule has 0 amide bonds. The highest BCUT2D eigenvalue weighted by molar-refractivity contribution is 6.73. The van der Waals surface area contributed by atoms with E-state index in [1.54, 1.807) is 5.19 Å². The molecule has 0 saturated heterocycles. The summed E-state index contributed by atoms with van der Waals surface area (Å²) in [7, 11) is -0.796. The van der Waals surface area contributed by atoms with Gasteiger partial charge in [0.15, 0.2) is 0 Å². The molecule has 0 aromatic heterocycles. The molecule has 0 heterocycles. The molecule has 0 saturated carbocycles. The third-order valence-corrected chi connectivity index (χ3v) is 5.93. The van der Waals surface area contributed by atoms with E-state index < -0.39 is 8.80 Å². The van der Waals surface area contributed by atoms with Crippen LogP contribution in [0.3, 0.4) is 0 Å². The Balaban J connectivity index is 2.35. The highest BCUT2D eigenvalue weighted by atomic mass is 28.3. The van der Waals surface area contributed by atoms with E-state index in [1.165, 1.54) is 32.3 Å². The number of rotatable bonds is 1. The zero-order chi connectivity index (χ0) is 13.0. The van der Waals surface area contributed by atoms with E-state index >= 15 is 0 Å². The van der Waals surface area contributed by atoms with Gasteiger partial charge in [-0.2, -0.15) is 0 Å². The van der Waals surface area contributed by atoms with Crippen LogP contribution in [0, 0.1) is 0 Å². The molecule has 4 aromatic carbocycles. The average molecular weight is 260 g/mol. The maximum atomic E-state index is 2.41. The second-order valence-corrected chi connectivity index (χ2v) is 8.60. The molecule has 92 valence electrons. The van der Waals surface area contributed by atoms with Gasteiger partial charge in [0.05, 0.1) is 8.80 Å². The van der Waals surface area contributed by atoms with Crippen molar-refractivity contribution in [2.24, 2.45) is 0 Å². The highest BCUT2D eigenvalue weighted by Crippen LogP contribution is 2.33. The summed E-state index contributed by atoms with van der Waals surface area (Å²) in [4.78, 5) is 0. The summed E-state index contributed by atoms with van der Waals surface area (Å²) in [6, 6.07) is 20.4. The Morgan fingerprint density at radius 3 is 1.89 bits per heavy atom. The second kappa shape index (κ2) is 3.81. The third kappa shape index (κ3) is 1.45. The zero-order valence-electron chi connectivity index (χ0n) is 11.3. The molecule has 0 N–H and O–H groups in total. The number of hydrogen-bond acceptors (Lipinski definition) is 0. The lowest BCUT2D eigenvalue weighted by Crippen LogP contribution is -2.23. The minimum Gasteiger partial charge on any atom is -0.0682 e. The van der Waals surface area contributed by atoms with Crippen LogP contribution in [-0.4, -0.2) is 8.80 Å². The molecule has 0 aliphatic carbocycles. The lowest BCUT2D eigenvalue weighted by atomic mass is 9.94. The third-order valence-electron chi connectivity index (χ3n) is 4.18. The van der Waals surface area contributed by atoms with Crippen molar-refractivity contribution in [2.75, 3.05) is 0 Å². The van der Waals surface area contributed by atoms with Gasteiger partial charge >= 0.3 is 0 Å². The average Bonchev–Trinajstić information content (AvgIpc) is 2.44. The minimum atomic E-state index is -0.796. The summed E-state index contributed by atoms with van der Waals surface area (Å²) in [6.07, 6.45) is 0. The van der Waals surface area contributed by atoms with Gasteiger partial charge in [-0.05, 0) is 32.3 Å². The topological polar surface area (TPSA) is 0 Å². The Kier molecular flexibility index (Phi) is 2.21. The minimum absolute atomic E-state index is 0.796. The smallest absolute Gasteiger partial charge is 0.0655 e. The maximum absolute atomic E-state index is 2.41. The van der Waals surface area contributed by atoms with Crippen LogP contribution >= 0.6 is 0 Å². The second-order valence-electron chi connectivity index (χ2n) is 5.67. The van der Waals surface area contributed by atoms with Crippen LogP contribution in [0.15, 0.2) is 54.6 Å². The lowest BCUT2D eigenvalue weighted by Gasteiger charge is -2.15. The van der Waals surface area contributed by atoms with Gasteiger partial charge in [-0.15, -0.1) is 0 Å². The van der Waals surface area contributed by atoms with Gasteiger partial charge in [0.1, 0.15) is 0 Å². The van der Waals surface area contributed by atoms with E-state index in [0.717, 1.165) is 0 Å². The van der Waals surface area contributed by atoms with Gasteiger partial charge in [-0.25, -0.2) is 0 Å². The van der Waals surface area contributed by atoms with Crippen molar-refractivity contribution >= 4 is 46.3 Å². The van der Waals surface area contributed by atoms with Gasteiger partial charge in [0, 0.05) is 0 Å². The molecule has 0 nitrogen and oxygen atoms in total. The Morgan fingerprint density at radius 1 is 0.632 bits per heavy atom. The van der Waals surface area contributed by atoms with E-state index in [2.05, 4.69) is 67.7 Å². The summed E-state index contributed by atoms with van der Waals surface area (Å²) in [6.45, 7) is 4.82. The van der Waals surface area contributed by atoms with Gasteiger partial charge in [0.25, 0.3) is 0 Å². The first-order valence-electron chi connectivity index (χ1n) is 6.92. The molecule has 0 fully saturated rings. The Hall–Kier alpha value is -1.86. The van der Waals surface area contributed by atoms with Crippen molar-refractivity contribution in [2.45, 2.75) is 13.1 Å². The molecule has 0 atom stereocenters. The van der Waals surface area contributed by atoms with E-state index in [0.29, 0.717) is 0 Å². The zero-order valence-corrected chi connectivity index (χ0v) is 12.4. The van der Waals surface area contributed by atoms with Crippen LogP contribution < -0.4 is 5.19 Å². The molecular formula is C18H16Si. The van der Waals surface area contributed by atoms with Crippen molar-refractivity contribution in [1.29, 1.82) is 0 Å². The van der Waals surface area contributed by atoms with Crippen LogP contribution in [0.2, 0.25) is 13.1 Å². The Labute approximate surface area is 114 Å². The molecule has 0 aliphatic rings. The van der Waals surface area contributed by atoms with Crippen LogP contribution in [-0.2, 0) is 0 Å². The molecule has 4 aromatic rings. The molecule has 19 heavy (non-hydrogen) atoms. The summed E-state index contributed by atoms with van der Waals surface area (Å²) >= 11 is 0. The van der Waals surface area contributed by atoms with E-state index in [1.807, 2.05) is 0 Å². The molecule has 4 rings (SSSR count). The molecule has 0 radical (unpaired) electrons. The normalized spacial score (nSPS) is 12.2. The fourth-order valence-electron chi connectivity index (χ4n) is 3.26. The first-order chi connectivity index (χ1) is 9.25. The summed E-state index contributed by atoms with van der Waals surface area (Å²) in [5, 5.41) is 10.1. The van der Waals surface area contributed by atoms with Crippen molar-refractivity contribution in [3.8, 4) is 0 Å². The van der Waals surface area contributed by atoms with Crippen LogP contribution in [0.4, 0.5) is 0 Å². The Bertz CT molecular complexity index is 874. The van der Waals surface area contributed by atoms with Crippen LogP contribution in [0.1, 0.15) is 0 Å². The molecule has 0 unspecified atom stereocenters. The van der Waals surface area contributed by atoms with Crippen LogP contribution in [0.25, 0.3) is 32.3 Å². The molecule has 1 heteroatoms. The van der Waals surface area contributed by atoms with E-state index in [9.17, 15) is 0 Å². The maximum Gasteiger partial charge on any atom is 0.0655 e. The molecule has 0 spiro atoms. The standard InChI is InChI=1S/C18H16Si/c1-19(2)16-11-9-14-7-6-12-4-3-5-13-8-10-15(16)18(14)17(12)13/h3-11,19H,1-2H3. The Morgan fingerprint density at radius 2 is 1.21 bits per heavy atom. The van der Waals surface area contributed by atoms with Gasteiger partial charge in [0.2, 0.25) is 0 Å². The predicted octanol–water partition coefficient (Wildman–Crippen LogP) is 4.28. The van der Waals surface area contributed by atoms with Crippen LogP contribution in [0.5, 0.6) is 0 Å². The quantitative estimate of drug-likeness (QED) is 0.354. The summed E-state index contributed by atoms with van der Waals surface area (Å²) in [5.41, 5.74) is 0.